The van der Waals surface area contributed by atoms with E-state index in [0.717, 1.165) is 5.56 Å². The van der Waals surface area contributed by atoms with Crippen LogP contribution in [-0.4, -0.2) is 21.2 Å². The highest BCUT2D eigenvalue weighted by Crippen LogP contribution is 2.03. The molecule has 1 rings (SSSR count). The van der Waals surface area contributed by atoms with Gasteiger partial charge < -0.3 is 5.11 Å². The summed E-state index contributed by atoms with van der Waals surface area (Å²) < 4.78 is 11.4. The van der Waals surface area contributed by atoms with Gasteiger partial charge in [0.15, 0.2) is 0 Å². The third-order valence-electron chi connectivity index (χ3n) is 1.60. The van der Waals surface area contributed by atoms with Crippen molar-refractivity contribution < 1.29 is 9.32 Å². The number of benzene rings is 1. The molecule has 0 spiro atoms. The lowest BCUT2D eigenvalue weighted by molar-refractivity contribution is 0.219. The number of aliphatic hydroxyl groups excluding tert-OH is 1. The van der Waals surface area contributed by atoms with Crippen molar-refractivity contribution in [1.82, 2.24) is 0 Å². The van der Waals surface area contributed by atoms with Crippen molar-refractivity contribution in [2.75, 3.05) is 5.75 Å². The van der Waals surface area contributed by atoms with Crippen LogP contribution in [0.1, 0.15) is 12.5 Å². The fraction of sp³-hybridized carbons (Fsp3) is 0.400. The van der Waals surface area contributed by atoms with Crippen molar-refractivity contribution in [1.29, 1.82) is 0 Å². The fourth-order valence-corrected chi connectivity index (χ4v) is 2.31. The largest absolute Gasteiger partial charge is 0.392 e. The van der Waals surface area contributed by atoms with Crippen LogP contribution in [0.2, 0.25) is 0 Å². The first-order chi connectivity index (χ1) is 6.18. The molecule has 0 aliphatic carbocycles. The van der Waals surface area contributed by atoms with E-state index in [1.807, 2.05) is 30.3 Å². The van der Waals surface area contributed by atoms with Crippen molar-refractivity contribution in [3.05, 3.63) is 35.9 Å². The summed E-state index contributed by atoms with van der Waals surface area (Å²) in [6.45, 7) is 1.66. The maximum atomic E-state index is 11.4. The molecule has 0 fully saturated rings. The first kappa shape index (κ1) is 10.4. The lowest BCUT2D eigenvalue weighted by atomic mass is 10.2. The third-order valence-corrected chi connectivity index (χ3v) is 3.11. The maximum Gasteiger partial charge on any atom is 0.0627 e. The third kappa shape index (κ3) is 4.20. The Hall–Kier alpha value is -0.670. The zero-order chi connectivity index (χ0) is 9.68. The SMILES string of the molecule is C[C@H](O)C[S@](=O)Cc1ccccc1. The van der Waals surface area contributed by atoms with Gasteiger partial charge in [0.2, 0.25) is 0 Å². The molecule has 0 aliphatic rings. The topological polar surface area (TPSA) is 37.3 Å². The van der Waals surface area contributed by atoms with Crippen molar-refractivity contribution >= 4 is 10.8 Å². The van der Waals surface area contributed by atoms with Crippen LogP contribution in [0, 0.1) is 0 Å². The Labute approximate surface area is 81.1 Å². The molecule has 1 N–H and O–H groups in total. The van der Waals surface area contributed by atoms with Gasteiger partial charge in [-0.05, 0) is 12.5 Å². The van der Waals surface area contributed by atoms with E-state index in [9.17, 15) is 4.21 Å². The highest BCUT2D eigenvalue weighted by Gasteiger charge is 2.04. The van der Waals surface area contributed by atoms with E-state index in [-0.39, 0.29) is 0 Å². The maximum absolute atomic E-state index is 11.4. The van der Waals surface area contributed by atoms with Crippen molar-refractivity contribution in [3.63, 3.8) is 0 Å². The number of aliphatic hydroxyl groups is 1. The summed E-state index contributed by atoms with van der Waals surface area (Å²) in [4.78, 5) is 0. The second kappa shape index (κ2) is 5.14. The number of hydrogen-bond acceptors (Lipinski definition) is 2. The van der Waals surface area contributed by atoms with Gasteiger partial charge in [-0.3, -0.25) is 4.21 Å². The quantitative estimate of drug-likeness (QED) is 0.792. The average Bonchev–Trinajstić information content (AvgIpc) is 2.04. The minimum Gasteiger partial charge on any atom is -0.392 e. The summed E-state index contributed by atoms with van der Waals surface area (Å²) in [6.07, 6.45) is -0.482. The van der Waals surface area contributed by atoms with E-state index in [4.69, 9.17) is 5.11 Å². The van der Waals surface area contributed by atoms with E-state index >= 15 is 0 Å². The van der Waals surface area contributed by atoms with Crippen molar-refractivity contribution in [3.8, 4) is 0 Å². The second-order valence-electron chi connectivity index (χ2n) is 3.09. The minimum absolute atomic E-state index is 0.356. The molecule has 0 saturated carbocycles. The standard InChI is InChI=1S/C10H14O2S/c1-9(11)7-13(12)8-10-5-3-2-4-6-10/h2-6,9,11H,7-8H2,1H3/t9-,13-/m0/s1. The molecule has 0 unspecified atom stereocenters. The Morgan fingerprint density at radius 1 is 1.38 bits per heavy atom. The molecule has 0 bridgehead atoms. The van der Waals surface area contributed by atoms with E-state index in [2.05, 4.69) is 0 Å². The normalized spacial score (nSPS) is 15.2. The molecule has 2 nitrogen and oxygen atoms in total. The summed E-state index contributed by atoms with van der Waals surface area (Å²) in [7, 11) is -0.951. The Kier molecular flexibility index (Phi) is 4.12. The van der Waals surface area contributed by atoms with Crippen LogP contribution >= 0.6 is 0 Å². The predicted octanol–water partition coefficient (Wildman–Crippen LogP) is 1.32. The molecular formula is C10H14O2S. The molecular weight excluding hydrogens is 184 g/mol. The molecule has 0 aliphatic heterocycles. The molecule has 13 heavy (non-hydrogen) atoms. The first-order valence-corrected chi connectivity index (χ1v) is 5.74. The molecule has 3 heteroatoms. The predicted molar refractivity (Wildman–Crippen MR) is 54.8 cm³/mol. The van der Waals surface area contributed by atoms with Crippen LogP contribution in [0.3, 0.4) is 0 Å². The van der Waals surface area contributed by atoms with Gasteiger partial charge in [0.25, 0.3) is 0 Å². The number of rotatable bonds is 4. The molecule has 1 aromatic carbocycles. The lowest BCUT2D eigenvalue weighted by Crippen LogP contribution is -2.13. The van der Waals surface area contributed by atoms with E-state index < -0.39 is 16.9 Å². The first-order valence-electron chi connectivity index (χ1n) is 4.25. The summed E-state index contributed by atoms with van der Waals surface area (Å²) in [6, 6.07) is 9.67. The molecule has 0 amide bonds. The highest BCUT2D eigenvalue weighted by atomic mass is 32.2. The van der Waals surface area contributed by atoms with E-state index in [1.165, 1.54) is 0 Å². The van der Waals surface area contributed by atoms with Gasteiger partial charge in [0.1, 0.15) is 0 Å². The molecule has 0 saturated heterocycles. The van der Waals surface area contributed by atoms with E-state index in [1.54, 1.807) is 6.92 Å². The number of hydrogen-bond donors (Lipinski definition) is 1. The Balaban J connectivity index is 2.46. The summed E-state index contributed by atoms with van der Waals surface area (Å²) >= 11 is 0. The van der Waals surface area contributed by atoms with Crippen LogP contribution in [0.4, 0.5) is 0 Å². The summed E-state index contributed by atoms with van der Waals surface area (Å²) in [5.74, 6) is 0.890. The Morgan fingerprint density at radius 3 is 2.54 bits per heavy atom. The summed E-state index contributed by atoms with van der Waals surface area (Å²) in [5.41, 5.74) is 1.06. The van der Waals surface area contributed by atoms with Crippen LogP contribution in [0.25, 0.3) is 0 Å². The van der Waals surface area contributed by atoms with Crippen molar-refractivity contribution in [2.45, 2.75) is 18.8 Å². The van der Waals surface area contributed by atoms with Gasteiger partial charge in [0.05, 0.1) is 6.10 Å². The van der Waals surface area contributed by atoms with Crippen LogP contribution in [-0.2, 0) is 16.6 Å². The Morgan fingerprint density at radius 2 is 2.00 bits per heavy atom. The van der Waals surface area contributed by atoms with Crippen LogP contribution < -0.4 is 0 Å². The molecule has 1 aromatic rings. The van der Waals surface area contributed by atoms with Gasteiger partial charge >= 0.3 is 0 Å². The average molecular weight is 198 g/mol. The van der Waals surface area contributed by atoms with Gasteiger partial charge in [-0.2, -0.15) is 0 Å². The molecule has 0 radical (unpaired) electrons. The van der Waals surface area contributed by atoms with Gasteiger partial charge in [-0.25, -0.2) is 0 Å². The molecule has 72 valence electrons. The molecule has 0 heterocycles. The van der Waals surface area contributed by atoms with Crippen LogP contribution in [0.15, 0.2) is 30.3 Å². The van der Waals surface area contributed by atoms with Gasteiger partial charge in [-0.15, -0.1) is 0 Å². The Bertz CT molecular complexity index is 270. The highest BCUT2D eigenvalue weighted by molar-refractivity contribution is 7.84. The zero-order valence-corrected chi connectivity index (χ0v) is 8.46. The van der Waals surface area contributed by atoms with Crippen molar-refractivity contribution in [2.24, 2.45) is 0 Å². The van der Waals surface area contributed by atoms with Gasteiger partial charge in [0, 0.05) is 22.3 Å². The second-order valence-corrected chi connectivity index (χ2v) is 4.59. The zero-order valence-electron chi connectivity index (χ0n) is 7.64. The summed E-state index contributed by atoms with van der Waals surface area (Å²) in [5, 5.41) is 9.01. The van der Waals surface area contributed by atoms with Gasteiger partial charge in [-0.1, -0.05) is 30.3 Å². The fourth-order valence-electron chi connectivity index (χ4n) is 1.09. The van der Waals surface area contributed by atoms with E-state index in [0.29, 0.717) is 11.5 Å². The lowest BCUT2D eigenvalue weighted by Gasteiger charge is -2.04. The molecule has 2 atom stereocenters. The smallest absolute Gasteiger partial charge is 0.0627 e. The van der Waals surface area contributed by atoms with Crippen LogP contribution in [0.5, 0.6) is 0 Å². The minimum atomic E-state index is -0.951. The molecule has 0 aromatic heterocycles. The monoisotopic (exact) mass is 198 g/mol.